The summed E-state index contributed by atoms with van der Waals surface area (Å²) in [7, 11) is 0. The molecule has 1 fully saturated rings. The minimum atomic E-state index is -4.41. The number of benzene rings is 1. The highest BCUT2D eigenvalue weighted by Crippen LogP contribution is 2.36. The molecule has 1 atom stereocenters. The van der Waals surface area contributed by atoms with Crippen LogP contribution in [0, 0.1) is 5.92 Å². The van der Waals surface area contributed by atoms with E-state index in [0.717, 1.165) is 19.2 Å². The first-order valence-electron chi connectivity index (χ1n) is 5.53. The van der Waals surface area contributed by atoms with Crippen LogP contribution in [0.3, 0.4) is 0 Å². The Kier molecular flexibility index (Phi) is 3.40. The van der Waals surface area contributed by atoms with Crippen molar-refractivity contribution in [1.82, 2.24) is 5.32 Å². The van der Waals surface area contributed by atoms with Crippen LogP contribution >= 0.6 is 0 Å². The molecule has 1 aromatic rings. The summed E-state index contributed by atoms with van der Waals surface area (Å²) < 4.78 is 38.2. The van der Waals surface area contributed by atoms with Crippen molar-refractivity contribution in [3.8, 4) is 0 Å². The van der Waals surface area contributed by atoms with E-state index in [9.17, 15) is 18.3 Å². The summed E-state index contributed by atoms with van der Waals surface area (Å²) in [4.78, 5) is 0. The summed E-state index contributed by atoms with van der Waals surface area (Å²) in [5.41, 5.74) is -0.758. The molecule has 1 aliphatic heterocycles. The van der Waals surface area contributed by atoms with Gasteiger partial charge in [-0.3, -0.25) is 0 Å². The smallest absolute Gasteiger partial charge is 0.388 e. The maximum absolute atomic E-state index is 12.7. The van der Waals surface area contributed by atoms with Gasteiger partial charge in [-0.05, 0) is 37.1 Å². The summed E-state index contributed by atoms with van der Waals surface area (Å²) in [6.45, 7) is 1.54. The van der Waals surface area contributed by atoms with Crippen molar-refractivity contribution >= 4 is 0 Å². The third kappa shape index (κ3) is 2.79. The van der Waals surface area contributed by atoms with E-state index in [2.05, 4.69) is 5.32 Å². The van der Waals surface area contributed by atoms with Crippen molar-refractivity contribution in [3.63, 3.8) is 0 Å². The third-order valence-corrected chi connectivity index (χ3v) is 3.05. The molecule has 94 valence electrons. The number of hydrogen-bond acceptors (Lipinski definition) is 2. The van der Waals surface area contributed by atoms with E-state index in [1.54, 1.807) is 0 Å². The topological polar surface area (TPSA) is 32.3 Å². The van der Waals surface area contributed by atoms with Gasteiger partial charge in [0.25, 0.3) is 0 Å². The Morgan fingerprint density at radius 3 is 2.47 bits per heavy atom. The van der Waals surface area contributed by atoms with Crippen LogP contribution in [0.15, 0.2) is 24.3 Å². The normalized spacial score (nSPS) is 18.8. The van der Waals surface area contributed by atoms with Gasteiger partial charge in [-0.1, -0.05) is 18.2 Å². The predicted molar refractivity (Wildman–Crippen MR) is 57.4 cm³/mol. The zero-order valence-corrected chi connectivity index (χ0v) is 9.17. The van der Waals surface area contributed by atoms with E-state index in [1.807, 2.05) is 0 Å². The van der Waals surface area contributed by atoms with Crippen molar-refractivity contribution < 1.29 is 18.3 Å². The van der Waals surface area contributed by atoms with Crippen LogP contribution in [-0.4, -0.2) is 18.2 Å². The summed E-state index contributed by atoms with van der Waals surface area (Å²) >= 11 is 0. The van der Waals surface area contributed by atoms with Crippen LogP contribution in [0.5, 0.6) is 0 Å². The van der Waals surface area contributed by atoms with Gasteiger partial charge in [0.1, 0.15) is 0 Å². The molecule has 0 aromatic heterocycles. The largest absolute Gasteiger partial charge is 0.416 e. The molecule has 1 saturated heterocycles. The average molecular weight is 245 g/mol. The maximum atomic E-state index is 12.7. The van der Waals surface area contributed by atoms with E-state index >= 15 is 0 Å². The van der Waals surface area contributed by atoms with Crippen LogP contribution in [0.25, 0.3) is 0 Å². The first-order chi connectivity index (χ1) is 7.98. The predicted octanol–water partition coefficient (Wildman–Crippen LogP) is 2.35. The fourth-order valence-electron chi connectivity index (χ4n) is 2.00. The van der Waals surface area contributed by atoms with Gasteiger partial charge in [0.05, 0.1) is 11.7 Å². The standard InChI is InChI=1S/C12H14F3NO/c13-12(14,15)10-4-2-1-3-9(10)11(17)5-8-6-16-7-8/h1-4,8,11,16-17H,5-7H2. The minimum Gasteiger partial charge on any atom is -0.388 e. The van der Waals surface area contributed by atoms with E-state index < -0.39 is 17.8 Å². The van der Waals surface area contributed by atoms with Gasteiger partial charge >= 0.3 is 6.18 Å². The zero-order chi connectivity index (χ0) is 12.5. The van der Waals surface area contributed by atoms with Crippen molar-refractivity contribution in [3.05, 3.63) is 35.4 Å². The molecule has 2 rings (SSSR count). The van der Waals surface area contributed by atoms with Gasteiger partial charge < -0.3 is 10.4 Å². The van der Waals surface area contributed by atoms with Gasteiger partial charge in [-0.2, -0.15) is 13.2 Å². The first-order valence-corrected chi connectivity index (χ1v) is 5.53. The van der Waals surface area contributed by atoms with Crippen molar-refractivity contribution in [2.75, 3.05) is 13.1 Å². The average Bonchev–Trinajstić information content (AvgIpc) is 2.22. The number of nitrogens with one attached hydrogen (secondary N) is 1. The van der Waals surface area contributed by atoms with Crippen molar-refractivity contribution in [1.29, 1.82) is 0 Å². The number of rotatable bonds is 3. The lowest BCUT2D eigenvalue weighted by atomic mass is 9.90. The number of hydrogen-bond donors (Lipinski definition) is 2. The lowest BCUT2D eigenvalue weighted by molar-refractivity contribution is -0.139. The number of aliphatic hydroxyl groups excluding tert-OH is 1. The molecule has 17 heavy (non-hydrogen) atoms. The molecule has 1 heterocycles. The summed E-state index contributed by atoms with van der Waals surface area (Å²) in [6.07, 6.45) is -5.07. The van der Waals surface area contributed by atoms with Gasteiger partial charge in [-0.15, -0.1) is 0 Å². The fourth-order valence-corrected chi connectivity index (χ4v) is 2.00. The van der Waals surface area contributed by atoms with Crippen LogP contribution in [0.2, 0.25) is 0 Å². The molecule has 0 amide bonds. The lowest BCUT2D eigenvalue weighted by Gasteiger charge is -2.29. The highest BCUT2D eigenvalue weighted by molar-refractivity contribution is 5.31. The Balaban J connectivity index is 2.18. The van der Waals surface area contributed by atoms with E-state index in [-0.39, 0.29) is 11.5 Å². The first kappa shape index (κ1) is 12.4. The van der Waals surface area contributed by atoms with Crippen molar-refractivity contribution in [2.45, 2.75) is 18.7 Å². The Hall–Kier alpha value is -1.07. The number of aliphatic hydroxyl groups is 1. The molecule has 5 heteroatoms. The Labute approximate surface area is 97.5 Å². The second kappa shape index (κ2) is 4.66. The quantitative estimate of drug-likeness (QED) is 0.856. The van der Waals surface area contributed by atoms with Gasteiger partial charge in [-0.25, -0.2) is 0 Å². The Morgan fingerprint density at radius 2 is 1.94 bits per heavy atom. The monoisotopic (exact) mass is 245 g/mol. The van der Waals surface area contributed by atoms with Crippen LogP contribution in [0.1, 0.15) is 23.7 Å². The van der Waals surface area contributed by atoms with Crippen LogP contribution in [-0.2, 0) is 6.18 Å². The summed E-state index contributed by atoms with van der Waals surface area (Å²) in [5, 5.41) is 12.9. The molecule has 1 aliphatic rings. The molecule has 0 radical (unpaired) electrons. The van der Waals surface area contributed by atoms with E-state index in [1.165, 1.54) is 18.2 Å². The van der Waals surface area contributed by atoms with E-state index in [4.69, 9.17) is 0 Å². The SMILES string of the molecule is OC(CC1CNC1)c1ccccc1C(F)(F)F. The summed E-state index contributed by atoms with van der Waals surface area (Å²) in [5.74, 6) is 0.270. The maximum Gasteiger partial charge on any atom is 0.416 e. The van der Waals surface area contributed by atoms with E-state index in [0.29, 0.717) is 6.42 Å². The molecule has 1 aromatic carbocycles. The Morgan fingerprint density at radius 1 is 1.29 bits per heavy atom. The molecule has 2 nitrogen and oxygen atoms in total. The number of alkyl halides is 3. The van der Waals surface area contributed by atoms with Crippen LogP contribution in [0.4, 0.5) is 13.2 Å². The second-order valence-electron chi connectivity index (χ2n) is 4.36. The van der Waals surface area contributed by atoms with Gasteiger partial charge in [0.2, 0.25) is 0 Å². The molecular weight excluding hydrogens is 231 g/mol. The zero-order valence-electron chi connectivity index (χ0n) is 9.17. The molecular formula is C12H14F3NO. The highest BCUT2D eigenvalue weighted by atomic mass is 19.4. The lowest BCUT2D eigenvalue weighted by Crippen LogP contribution is -2.42. The molecule has 0 bridgehead atoms. The summed E-state index contributed by atoms with van der Waals surface area (Å²) in [6, 6.07) is 5.22. The third-order valence-electron chi connectivity index (χ3n) is 3.05. The molecule has 0 aliphatic carbocycles. The fraction of sp³-hybridized carbons (Fsp3) is 0.500. The number of halogens is 3. The second-order valence-corrected chi connectivity index (χ2v) is 4.36. The minimum absolute atomic E-state index is 0.0214. The van der Waals surface area contributed by atoms with Crippen LogP contribution < -0.4 is 5.32 Å². The molecule has 0 spiro atoms. The van der Waals surface area contributed by atoms with Gasteiger partial charge in [0, 0.05) is 0 Å². The highest BCUT2D eigenvalue weighted by Gasteiger charge is 2.35. The Bertz CT molecular complexity index is 388. The molecule has 2 N–H and O–H groups in total. The van der Waals surface area contributed by atoms with Crippen molar-refractivity contribution in [2.24, 2.45) is 5.92 Å². The van der Waals surface area contributed by atoms with Gasteiger partial charge in [0.15, 0.2) is 0 Å². The molecule has 1 unspecified atom stereocenters. The molecule has 0 saturated carbocycles.